The van der Waals surface area contributed by atoms with E-state index in [2.05, 4.69) is 82.5 Å². The first-order valence-corrected chi connectivity index (χ1v) is 13.5. The van der Waals surface area contributed by atoms with Gasteiger partial charge in [-0.1, -0.05) is 59.1 Å². The van der Waals surface area contributed by atoms with Crippen LogP contribution in [0.4, 0.5) is 0 Å². The van der Waals surface area contributed by atoms with Crippen LogP contribution in [0.25, 0.3) is 32.0 Å². The molecule has 0 aliphatic rings. The van der Waals surface area contributed by atoms with Crippen LogP contribution in [0.3, 0.4) is 0 Å². The van der Waals surface area contributed by atoms with Crippen LogP contribution < -0.4 is 0 Å². The molecule has 4 rings (SSSR count). The van der Waals surface area contributed by atoms with Crippen molar-refractivity contribution >= 4 is 44.6 Å². The summed E-state index contributed by atoms with van der Waals surface area (Å²) in [7, 11) is 0. The summed E-state index contributed by atoms with van der Waals surface area (Å²) in [5.74, 6) is 0. The largest absolute Gasteiger partial charge is 0.141 e. The molecule has 0 saturated carbocycles. The molecule has 0 unspecified atom stereocenters. The van der Waals surface area contributed by atoms with Gasteiger partial charge in [-0.3, -0.25) is 0 Å². The second-order valence-electron chi connectivity index (χ2n) is 7.92. The van der Waals surface area contributed by atoms with Crippen LogP contribution in [0.2, 0.25) is 0 Å². The number of fused-ring (bicyclic) bond motifs is 2. The molecule has 0 bridgehead atoms. The first kappa shape index (κ1) is 27.0. The fourth-order valence-electron chi connectivity index (χ4n) is 3.91. The quantitative estimate of drug-likeness (QED) is 0.259. The highest BCUT2D eigenvalue weighted by Crippen LogP contribution is 2.35. The molecular formula is C31H38S2. The molecule has 0 amide bonds. The standard InChI is InChI=1S/C27H26S2.2C2H6/c1-16(2)28-20(6)11-21-12-24-13-23-10-18(4)26(27-8-7-19(5)29-27)15-25(23)14-22(24)9-17(21)3;2*1-2/h7-10,12-15H,1,6,11H2,2-5H3;2*1-2H3. The molecule has 0 fully saturated rings. The number of hydrogen-bond donors (Lipinski definition) is 0. The number of rotatable bonds is 5. The van der Waals surface area contributed by atoms with Gasteiger partial charge in [0.1, 0.15) is 0 Å². The predicted octanol–water partition coefficient (Wildman–Crippen LogP) is 11.0. The van der Waals surface area contributed by atoms with Crippen molar-refractivity contribution < 1.29 is 0 Å². The third kappa shape index (κ3) is 6.62. The first-order chi connectivity index (χ1) is 15.8. The van der Waals surface area contributed by atoms with E-state index in [1.54, 1.807) is 11.8 Å². The van der Waals surface area contributed by atoms with Crippen molar-refractivity contribution in [3.63, 3.8) is 0 Å². The topological polar surface area (TPSA) is 0 Å². The molecule has 174 valence electrons. The zero-order valence-corrected chi connectivity index (χ0v) is 23.2. The van der Waals surface area contributed by atoms with Crippen molar-refractivity contribution in [2.45, 2.75) is 61.8 Å². The maximum Gasteiger partial charge on any atom is 0.0348 e. The normalized spacial score (nSPS) is 10.3. The van der Waals surface area contributed by atoms with E-state index in [-0.39, 0.29) is 0 Å². The van der Waals surface area contributed by atoms with Crippen molar-refractivity contribution in [2.24, 2.45) is 0 Å². The summed E-state index contributed by atoms with van der Waals surface area (Å²) < 4.78 is 0. The van der Waals surface area contributed by atoms with E-state index in [4.69, 9.17) is 0 Å². The third-order valence-corrected chi connectivity index (χ3v) is 7.12. The molecule has 0 spiro atoms. The Morgan fingerprint density at radius 1 is 0.758 bits per heavy atom. The molecule has 0 radical (unpaired) electrons. The van der Waals surface area contributed by atoms with Crippen molar-refractivity contribution in [1.82, 2.24) is 0 Å². The van der Waals surface area contributed by atoms with Crippen LogP contribution in [0.15, 0.2) is 71.5 Å². The Labute approximate surface area is 209 Å². The van der Waals surface area contributed by atoms with E-state index in [0.29, 0.717) is 0 Å². The number of allylic oxidation sites excluding steroid dienone is 2. The number of hydrogen-bond acceptors (Lipinski definition) is 2. The smallest absolute Gasteiger partial charge is 0.0348 e. The van der Waals surface area contributed by atoms with Crippen LogP contribution in [-0.2, 0) is 6.42 Å². The molecule has 33 heavy (non-hydrogen) atoms. The first-order valence-electron chi connectivity index (χ1n) is 11.9. The van der Waals surface area contributed by atoms with Gasteiger partial charge in [0, 0.05) is 16.2 Å². The van der Waals surface area contributed by atoms with Gasteiger partial charge in [-0.05, 0) is 112 Å². The lowest BCUT2D eigenvalue weighted by Gasteiger charge is -2.12. The fourth-order valence-corrected chi connectivity index (χ4v) is 5.58. The van der Waals surface area contributed by atoms with Crippen molar-refractivity contribution in [3.8, 4) is 10.4 Å². The minimum Gasteiger partial charge on any atom is -0.141 e. The van der Waals surface area contributed by atoms with E-state index in [0.717, 1.165) is 16.2 Å². The number of benzene rings is 3. The van der Waals surface area contributed by atoms with E-state index in [1.807, 2.05) is 46.0 Å². The van der Waals surface area contributed by atoms with Gasteiger partial charge in [0.25, 0.3) is 0 Å². The van der Waals surface area contributed by atoms with Gasteiger partial charge in [-0.2, -0.15) is 0 Å². The molecule has 0 N–H and O–H groups in total. The van der Waals surface area contributed by atoms with Gasteiger partial charge >= 0.3 is 0 Å². The summed E-state index contributed by atoms with van der Waals surface area (Å²) in [5, 5.41) is 5.20. The SMILES string of the molecule is C=C(C)SC(=C)Cc1cc2cc3cc(C)c(-c4ccc(C)s4)cc3cc2cc1C.CC.CC. The lowest BCUT2D eigenvalue weighted by atomic mass is 9.94. The van der Waals surface area contributed by atoms with E-state index < -0.39 is 0 Å². The average molecular weight is 475 g/mol. The molecule has 1 aromatic heterocycles. The molecule has 0 atom stereocenters. The van der Waals surface area contributed by atoms with Gasteiger partial charge in [0.15, 0.2) is 0 Å². The monoisotopic (exact) mass is 474 g/mol. The fraction of sp³-hybridized carbons (Fsp3) is 0.290. The molecule has 4 aromatic rings. The highest BCUT2D eigenvalue weighted by molar-refractivity contribution is 8.06. The van der Waals surface area contributed by atoms with Crippen LogP contribution in [0.5, 0.6) is 0 Å². The summed E-state index contributed by atoms with van der Waals surface area (Å²) in [4.78, 5) is 4.94. The lowest BCUT2D eigenvalue weighted by Crippen LogP contribution is -1.92. The second kappa shape index (κ2) is 12.3. The Morgan fingerprint density at radius 2 is 1.30 bits per heavy atom. The summed E-state index contributed by atoms with van der Waals surface area (Å²) in [6, 6.07) is 18.4. The molecule has 0 aliphatic carbocycles. The molecule has 3 aromatic carbocycles. The Bertz CT molecular complexity index is 1270. The Balaban J connectivity index is 0.000000914. The van der Waals surface area contributed by atoms with E-state index in [9.17, 15) is 0 Å². The minimum atomic E-state index is 0.882. The summed E-state index contributed by atoms with van der Waals surface area (Å²) in [5.41, 5.74) is 5.34. The van der Waals surface area contributed by atoms with Crippen LogP contribution in [0.1, 0.15) is 56.2 Å². The molecule has 0 nitrogen and oxygen atoms in total. The van der Waals surface area contributed by atoms with E-state index >= 15 is 0 Å². The van der Waals surface area contributed by atoms with Gasteiger partial charge in [-0.15, -0.1) is 23.1 Å². The number of aryl methyl sites for hydroxylation is 3. The summed E-state index contributed by atoms with van der Waals surface area (Å²) >= 11 is 3.55. The van der Waals surface area contributed by atoms with Crippen LogP contribution in [0, 0.1) is 20.8 Å². The molecular weight excluding hydrogens is 436 g/mol. The van der Waals surface area contributed by atoms with E-state index in [1.165, 1.54) is 53.6 Å². The Morgan fingerprint density at radius 3 is 1.85 bits per heavy atom. The summed E-state index contributed by atoms with van der Waals surface area (Å²) in [6.45, 7) is 24.8. The van der Waals surface area contributed by atoms with Crippen molar-refractivity contribution in [2.75, 3.05) is 0 Å². The highest BCUT2D eigenvalue weighted by Gasteiger charge is 2.10. The predicted molar refractivity (Wildman–Crippen MR) is 157 cm³/mol. The molecule has 1 heterocycles. The van der Waals surface area contributed by atoms with Gasteiger partial charge in [-0.25, -0.2) is 0 Å². The second-order valence-corrected chi connectivity index (χ2v) is 10.7. The highest BCUT2D eigenvalue weighted by atomic mass is 32.2. The zero-order valence-electron chi connectivity index (χ0n) is 21.6. The maximum absolute atomic E-state index is 4.22. The van der Waals surface area contributed by atoms with Crippen LogP contribution >= 0.6 is 23.1 Å². The van der Waals surface area contributed by atoms with Crippen molar-refractivity contribution in [3.05, 3.63) is 93.1 Å². The van der Waals surface area contributed by atoms with Gasteiger partial charge in [0.05, 0.1) is 0 Å². The number of thiophene rings is 1. The van der Waals surface area contributed by atoms with Gasteiger partial charge < -0.3 is 0 Å². The molecule has 0 aliphatic heterocycles. The number of thioether (sulfide) groups is 1. The molecule has 0 saturated heterocycles. The Hall–Kier alpha value is -2.29. The van der Waals surface area contributed by atoms with Gasteiger partial charge in [0.2, 0.25) is 0 Å². The van der Waals surface area contributed by atoms with Crippen LogP contribution in [-0.4, -0.2) is 0 Å². The minimum absolute atomic E-state index is 0.882. The summed E-state index contributed by atoms with van der Waals surface area (Å²) in [6.07, 6.45) is 0.882. The third-order valence-electron chi connectivity index (χ3n) is 5.31. The maximum atomic E-state index is 4.22. The Kier molecular flexibility index (Phi) is 10.0. The molecule has 2 heteroatoms. The zero-order chi connectivity index (χ0) is 24.7. The van der Waals surface area contributed by atoms with Crippen molar-refractivity contribution in [1.29, 1.82) is 0 Å². The average Bonchev–Trinajstić information content (AvgIpc) is 3.21. The lowest BCUT2D eigenvalue weighted by molar-refractivity contribution is 1.21.